The van der Waals surface area contributed by atoms with Crippen molar-refractivity contribution in [2.75, 3.05) is 11.5 Å². The lowest BCUT2D eigenvalue weighted by Gasteiger charge is -2.56. The van der Waals surface area contributed by atoms with Crippen LogP contribution in [0.4, 0.5) is 10.3 Å². The van der Waals surface area contributed by atoms with Gasteiger partial charge in [-0.15, -0.1) is 0 Å². The van der Waals surface area contributed by atoms with Crippen LogP contribution in [-0.4, -0.2) is 28.2 Å². The zero-order chi connectivity index (χ0) is 22.9. The minimum atomic E-state index is 0.461. The predicted molar refractivity (Wildman–Crippen MR) is 142 cm³/mol. The van der Waals surface area contributed by atoms with Gasteiger partial charge in [0.15, 0.2) is 0 Å². The molecule has 0 amide bonds. The summed E-state index contributed by atoms with van der Waals surface area (Å²) >= 11 is 6.52. The summed E-state index contributed by atoms with van der Waals surface area (Å²) in [6, 6.07) is 0. The first-order chi connectivity index (χ1) is 16.4. The molecular formula is C24H34N6S4. The van der Waals surface area contributed by atoms with E-state index in [-0.39, 0.29) is 0 Å². The Bertz CT molecular complexity index is 897. The zero-order valence-corrected chi connectivity index (χ0v) is 22.8. The summed E-state index contributed by atoms with van der Waals surface area (Å²) < 4.78 is 9.64. The predicted octanol–water partition coefficient (Wildman–Crippen LogP) is 6.36. The van der Waals surface area contributed by atoms with Gasteiger partial charge in [-0.05, 0) is 113 Å². The molecule has 10 heteroatoms. The SMILES string of the molecule is Nc1nc(SC23CC4CC(CC(C4)C2)C3)ns1.Nc1nc(SC23CC4CC(CC(C4)C2)C3)ns1. The first kappa shape index (κ1) is 22.6. The molecular weight excluding hydrogens is 501 g/mol. The quantitative estimate of drug-likeness (QED) is 0.467. The first-order valence-electron chi connectivity index (χ1n) is 13.0. The lowest BCUT2D eigenvalue weighted by Crippen LogP contribution is -2.48. The van der Waals surface area contributed by atoms with Crippen molar-refractivity contribution >= 4 is 56.9 Å². The van der Waals surface area contributed by atoms with Crippen LogP contribution in [0, 0.1) is 35.5 Å². The van der Waals surface area contributed by atoms with Crippen molar-refractivity contribution in [2.24, 2.45) is 35.5 Å². The Balaban J connectivity index is 0.000000118. The summed E-state index contributed by atoms with van der Waals surface area (Å²) in [7, 11) is 0. The van der Waals surface area contributed by atoms with Gasteiger partial charge in [-0.25, -0.2) is 0 Å². The Morgan fingerprint density at radius 1 is 0.559 bits per heavy atom. The molecule has 8 fully saturated rings. The van der Waals surface area contributed by atoms with Gasteiger partial charge in [0.2, 0.25) is 20.6 Å². The molecule has 2 heterocycles. The lowest BCUT2D eigenvalue weighted by atomic mass is 9.56. The molecule has 0 radical (unpaired) electrons. The third kappa shape index (κ3) is 4.39. The normalized spacial score (nSPS) is 43.2. The second-order valence-corrected chi connectivity index (χ2v) is 16.7. The average Bonchev–Trinajstić information content (AvgIpc) is 3.33. The van der Waals surface area contributed by atoms with Crippen molar-refractivity contribution in [1.29, 1.82) is 0 Å². The van der Waals surface area contributed by atoms with E-state index in [1.807, 2.05) is 23.5 Å². The van der Waals surface area contributed by atoms with Gasteiger partial charge in [-0.3, -0.25) is 0 Å². The van der Waals surface area contributed by atoms with E-state index in [4.69, 9.17) is 11.5 Å². The van der Waals surface area contributed by atoms with Crippen LogP contribution in [0.1, 0.15) is 77.0 Å². The largest absolute Gasteiger partial charge is 0.374 e. The standard InChI is InChI=1S/2C12H17N3S2/c2*13-10-14-11(15-17-10)16-12-4-7-1-8(5-12)3-9(2-7)6-12/h2*7-9H,1-6H2,(H2,13,14,15). The average molecular weight is 535 g/mol. The van der Waals surface area contributed by atoms with E-state index < -0.39 is 0 Å². The number of anilines is 2. The molecule has 8 bridgehead atoms. The number of rotatable bonds is 4. The summed E-state index contributed by atoms with van der Waals surface area (Å²) in [4.78, 5) is 8.67. The Labute approximate surface area is 218 Å². The number of thioether (sulfide) groups is 2. The lowest BCUT2D eigenvalue weighted by molar-refractivity contribution is 0.0381. The van der Waals surface area contributed by atoms with Gasteiger partial charge in [-0.2, -0.15) is 18.7 Å². The van der Waals surface area contributed by atoms with Gasteiger partial charge in [0.1, 0.15) is 0 Å². The summed E-state index contributed by atoms with van der Waals surface area (Å²) in [6.45, 7) is 0. The molecule has 34 heavy (non-hydrogen) atoms. The van der Waals surface area contributed by atoms with Crippen molar-refractivity contribution in [3.8, 4) is 0 Å². The number of nitrogens with two attached hydrogens (primary N) is 2. The summed E-state index contributed by atoms with van der Waals surface area (Å²) in [5.41, 5.74) is 11.4. The third-order valence-electron chi connectivity index (χ3n) is 9.43. The molecule has 10 rings (SSSR count). The number of hydrogen-bond acceptors (Lipinski definition) is 10. The van der Waals surface area contributed by atoms with Gasteiger partial charge < -0.3 is 11.5 Å². The zero-order valence-electron chi connectivity index (χ0n) is 19.5. The van der Waals surface area contributed by atoms with Crippen LogP contribution in [0.25, 0.3) is 0 Å². The van der Waals surface area contributed by atoms with Crippen LogP contribution in [0.5, 0.6) is 0 Å². The van der Waals surface area contributed by atoms with Crippen molar-refractivity contribution < 1.29 is 0 Å². The van der Waals surface area contributed by atoms with Crippen LogP contribution < -0.4 is 11.5 Å². The fraction of sp³-hybridized carbons (Fsp3) is 0.833. The summed E-state index contributed by atoms with van der Waals surface area (Å²) in [5, 5.41) is 3.07. The van der Waals surface area contributed by atoms with Crippen molar-refractivity contribution in [2.45, 2.75) is 96.9 Å². The van der Waals surface area contributed by atoms with E-state index in [0.717, 1.165) is 45.8 Å². The maximum Gasteiger partial charge on any atom is 0.202 e. The van der Waals surface area contributed by atoms with Gasteiger partial charge in [0.25, 0.3) is 0 Å². The Morgan fingerprint density at radius 2 is 0.853 bits per heavy atom. The minimum absolute atomic E-state index is 0.461. The Morgan fingerprint density at radius 3 is 1.09 bits per heavy atom. The molecule has 0 aromatic carbocycles. The van der Waals surface area contributed by atoms with Crippen molar-refractivity contribution in [3.63, 3.8) is 0 Å². The van der Waals surface area contributed by atoms with Crippen molar-refractivity contribution in [3.05, 3.63) is 0 Å². The highest BCUT2D eigenvalue weighted by Gasteiger charge is 2.53. The van der Waals surface area contributed by atoms with Crippen LogP contribution in [0.2, 0.25) is 0 Å². The first-order valence-corrected chi connectivity index (χ1v) is 16.2. The molecule has 4 N–H and O–H groups in total. The molecule has 0 unspecified atom stereocenters. The maximum absolute atomic E-state index is 5.68. The van der Waals surface area contributed by atoms with Crippen LogP contribution in [0.15, 0.2) is 10.3 Å². The highest BCUT2D eigenvalue weighted by molar-refractivity contribution is 8.00. The Kier molecular flexibility index (Phi) is 5.64. The number of aromatic nitrogens is 4. The summed E-state index contributed by atoms with van der Waals surface area (Å²) in [5.74, 6) is 5.94. The van der Waals surface area contributed by atoms with Crippen LogP contribution in [-0.2, 0) is 0 Å². The molecule has 8 aliphatic rings. The molecule has 0 saturated heterocycles. The highest BCUT2D eigenvalue weighted by atomic mass is 32.2. The smallest absolute Gasteiger partial charge is 0.202 e. The molecule has 8 aliphatic carbocycles. The number of nitrogen functional groups attached to an aromatic ring is 2. The molecule has 6 nitrogen and oxygen atoms in total. The van der Waals surface area contributed by atoms with Gasteiger partial charge in [0, 0.05) is 32.6 Å². The molecule has 8 saturated carbocycles. The van der Waals surface area contributed by atoms with Crippen LogP contribution in [0.3, 0.4) is 0 Å². The number of nitrogens with zero attached hydrogens (tertiary/aromatic N) is 4. The number of hydrogen-bond donors (Lipinski definition) is 2. The fourth-order valence-corrected chi connectivity index (χ4v) is 13.5. The molecule has 0 atom stereocenters. The Hall–Kier alpha value is -0.580. The highest BCUT2D eigenvalue weighted by Crippen LogP contribution is 2.62. The van der Waals surface area contributed by atoms with Crippen molar-refractivity contribution in [1.82, 2.24) is 18.7 Å². The minimum Gasteiger partial charge on any atom is -0.374 e. The molecule has 0 spiro atoms. The van der Waals surface area contributed by atoms with Crippen LogP contribution >= 0.6 is 46.6 Å². The van der Waals surface area contributed by atoms with E-state index in [9.17, 15) is 0 Å². The second-order valence-electron chi connectivity index (χ2n) is 12.2. The van der Waals surface area contributed by atoms with Gasteiger partial charge in [-0.1, -0.05) is 23.5 Å². The second kappa shape index (κ2) is 8.48. The maximum atomic E-state index is 5.68. The van der Waals surface area contributed by atoms with Gasteiger partial charge >= 0.3 is 0 Å². The molecule has 2 aromatic rings. The topological polar surface area (TPSA) is 104 Å². The van der Waals surface area contributed by atoms with E-state index >= 15 is 0 Å². The van der Waals surface area contributed by atoms with E-state index in [2.05, 4.69) is 18.7 Å². The molecule has 2 aromatic heterocycles. The van der Waals surface area contributed by atoms with E-state index in [1.54, 1.807) is 0 Å². The fourth-order valence-electron chi connectivity index (χ4n) is 9.22. The van der Waals surface area contributed by atoms with E-state index in [0.29, 0.717) is 19.8 Å². The summed E-state index contributed by atoms with van der Waals surface area (Å²) in [6.07, 6.45) is 17.3. The third-order valence-corrected chi connectivity index (χ3v) is 13.3. The molecule has 184 valence electrons. The van der Waals surface area contributed by atoms with E-state index in [1.165, 1.54) is 100 Å². The van der Waals surface area contributed by atoms with Gasteiger partial charge in [0.05, 0.1) is 0 Å². The molecule has 0 aliphatic heterocycles. The monoisotopic (exact) mass is 534 g/mol.